The Bertz CT molecular complexity index is 590. The number of hydrogen-bond donors (Lipinski definition) is 0. The Kier molecular flexibility index (Phi) is 3.90. The Labute approximate surface area is 114 Å². The van der Waals surface area contributed by atoms with Crippen LogP contribution in [0.2, 0.25) is 0 Å². The van der Waals surface area contributed by atoms with Crippen LogP contribution in [0.3, 0.4) is 0 Å². The molecule has 110 valence electrons. The van der Waals surface area contributed by atoms with Crippen molar-refractivity contribution in [2.45, 2.75) is 18.5 Å². The van der Waals surface area contributed by atoms with Crippen LogP contribution in [-0.4, -0.2) is 26.2 Å². The van der Waals surface area contributed by atoms with Gasteiger partial charge in [0.25, 0.3) is 0 Å². The first-order valence-corrected chi connectivity index (χ1v) is 7.88. The van der Waals surface area contributed by atoms with E-state index in [9.17, 15) is 26.4 Å². The van der Waals surface area contributed by atoms with E-state index in [4.69, 9.17) is 0 Å². The number of sulfone groups is 1. The molecule has 0 spiro atoms. The molecule has 2 unspecified atom stereocenters. The van der Waals surface area contributed by atoms with Crippen molar-refractivity contribution in [2.24, 2.45) is 5.92 Å². The van der Waals surface area contributed by atoms with Crippen molar-refractivity contribution in [1.82, 2.24) is 0 Å². The van der Waals surface area contributed by atoms with Gasteiger partial charge in [0.15, 0.2) is 9.84 Å². The fourth-order valence-corrected chi connectivity index (χ4v) is 4.32. The highest BCUT2D eigenvalue weighted by Gasteiger charge is 2.35. The van der Waals surface area contributed by atoms with E-state index >= 15 is 0 Å². The SMILES string of the molecule is O=CC(c1ccc(C(F)(F)F)cc1)C1CCS(=O)(=O)C1. The van der Waals surface area contributed by atoms with Gasteiger partial charge in [-0.2, -0.15) is 13.2 Å². The van der Waals surface area contributed by atoms with Crippen LogP contribution in [-0.2, 0) is 20.8 Å². The van der Waals surface area contributed by atoms with Gasteiger partial charge in [0.1, 0.15) is 6.29 Å². The largest absolute Gasteiger partial charge is 0.416 e. The lowest BCUT2D eigenvalue weighted by Gasteiger charge is -2.17. The average Bonchev–Trinajstić information content (AvgIpc) is 2.70. The van der Waals surface area contributed by atoms with Crippen molar-refractivity contribution in [3.8, 4) is 0 Å². The number of carbonyl (C=O) groups is 1. The van der Waals surface area contributed by atoms with Gasteiger partial charge in [0, 0.05) is 5.92 Å². The molecule has 0 radical (unpaired) electrons. The molecule has 1 aliphatic heterocycles. The molecule has 0 N–H and O–H groups in total. The minimum atomic E-state index is -4.42. The Morgan fingerprint density at radius 2 is 1.80 bits per heavy atom. The fourth-order valence-electron chi connectivity index (χ4n) is 2.46. The second kappa shape index (κ2) is 5.20. The molecule has 1 aliphatic rings. The molecule has 0 aliphatic carbocycles. The predicted octanol–water partition coefficient (Wildman–Crippen LogP) is 2.42. The quantitative estimate of drug-likeness (QED) is 0.806. The molecule has 0 amide bonds. The number of hydrogen-bond acceptors (Lipinski definition) is 3. The Balaban J connectivity index is 2.23. The third-order valence-corrected chi connectivity index (χ3v) is 5.34. The molecule has 1 heterocycles. The number of benzene rings is 1. The summed E-state index contributed by atoms with van der Waals surface area (Å²) in [6.07, 6.45) is -3.44. The molecule has 1 aromatic rings. The molecular formula is C13H13F3O3S. The molecule has 3 nitrogen and oxygen atoms in total. The van der Waals surface area contributed by atoms with E-state index in [0.29, 0.717) is 18.3 Å². The summed E-state index contributed by atoms with van der Waals surface area (Å²) in [6, 6.07) is 4.31. The Morgan fingerprint density at radius 3 is 2.20 bits per heavy atom. The third-order valence-electron chi connectivity index (χ3n) is 3.55. The Morgan fingerprint density at radius 1 is 1.20 bits per heavy atom. The van der Waals surface area contributed by atoms with E-state index < -0.39 is 27.5 Å². The van der Waals surface area contributed by atoms with Gasteiger partial charge in [-0.25, -0.2) is 8.42 Å². The topological polar surface area (TPSA) is 51.2 Å². The van der Waals surface area contributed by atoms with Gasteiger partial charge >= 0.3 is 6.18 Å². The zero-order chi connectivity index (χ0) is 15.0. The summed E-state index contributed by atoms with van der Waals surface area (Å²) in [7, 11) is -3.13. The molecule has 0 aromatic heterocycles. The van der Waals surface area contributed by atoms with Crippen LogP contribution in [0.1, 0.15) is 23.5 Å². The maximum absolute atomic E-state index is 12.5. The number of aldehydes is 1. The number of carbonyl (C=O) groups excluding carboxylic acids is 1. The predicted molar refractivity (Wildman–Crippen MR) is 67.0 cm³/mol. The third kappa shape index (κ3) is 3.20. The van der Waals surface area contributed by atoms with E-state index in [1.165, 1.54) is 12.1 Å². The maximum atomic E-state index is 12.5. The zero-order valence-electron chi connectivity index (χ0n) is 10.4. The number of halogens is 3. The highest BCUT2D eigenvalue weighted by atomic mass is 32.2. The molecular weight excluding hydrogens is 293 g/mol. The van der Waals surface area contributed by atoms with Crippen LogP contribution < -0.4 is 0 Å². The zero-order valence-corrected chi connectivity index (χ0v) is 11.2. The first-order chi connectivity index (χ1) is 9.23. The van der Waals surface area contributed by atoms with Crippen LogP contribution in [0.25, 0.3) is 0 Å². The summed E-state index contributed by atoms with van der Waals surface area (Å²) < 4.78 is 60.2. The summed E-state index contributed by atoms with van der Waals surface area (Å²) in [5.41, 5.74) is -0.361. The number of alkyl halides is 3. The molecule has 7 heteroatoms. The summed E-state index contributed by atoms with van der Waals surface area (Å²) in [4.78, 5) is 11.2. The molecule has 1 fully saturated rings. The first kappa shape index (κ1) is 15.0. The smallest absolute Gasteiger partial charge is 0.303 e. The molecule has 2 atom stereocenters. The standard InChI is InChI=1S/C13H13F3O3S/c14-13(15,16)11-3-1-9(2-4-11)12(7-17)10-5-6-20(18,19)8-10/h1-4,7,10,12H,5-6,8H2. The molecule has 1 aromatic carbocycles. The second-order valence-corrected chi connectivity index (χ2v) is 7.17. The Hall–Kier alpha value is -1.37. The fraction of sp³-hybridized carbons (Fsp3) is 0.462. The van der Waals surface area contributed by atoms with Crippen molar-refractivity contribution in [3.63, 3.8) is 0 Å². The lowest BCUT2D eigenvalue weighted by molar-refractivity contribution is -0.137. The average molecular weight is 306 g/mol. The van der Waals surface area contributed by atoms with E-state index in [-0.39, 0.29) is 17.4 Å². The van der Waals surface area contributed by atoms with Crippen LogP contribution in [0.4, 0.5) is 13.2 Å². The number of rotatable bonds is 3. The van der Waals surface area contributed by atoms with E-state index in [0.717, 1.165) is 12.1 Å². The van der Waals surface area contributed by atoms with Crippen molar-refractivity contribution in [1.29, 1.82) is 0 Å². The van der Waals surface area contributed by atoms with Gasteiger partial charge in [-0.15, -0.1) is 0 Å². The van der Waals surface area contributed by atoms with Crippen molar-refractivity contribution in [2.75, 3.05) is 11.5 Å². The van der Waals surface area contributed by atoms with Crippen LogP contribution in [0.15, 0.2) is 24.3 Å². The van der Waals surface area contributed by atoms with Crippen LogP contribution >= 0.6 is 0 Å². The van der Waals surface area contributed by atoms with Crippen molar-refractivity contribution >= 4 is 16.1 Å². The van der Waals surface area contributed by atoms with Crippen LogP contribution in [0, 0.1) is 5.92 Å². The molecule has 0 saturated carbocycles. The first-order valence-electron chi connectivity index (χ1n) is 6.06. The monoisotopic (exact) mass is 306 g/mol. The summed E-state index contributed by atoms with van der Waals surface area (Å²) in [6.45, 7) is 0. The minimum Gasteiger partial charge on any atom is -0.303 e. The van der Waals surface area contributed by atoms with Gasteiger partial charge in [-0.05, 0) is 30.0 Å². The van der Waals surface area contributed by atoms with E-state index in [1.54, 1.807) is 0 Å². The molecule has 1 saturated heterocycles. The lowest BCUT2D eigenvalue weighted by atomic mass is 9.86. The van der Waals surface area contributed by atoms with E-state index in [1.807, 2.05) is 0 Å². The minimum absolute atomic E-state index is 0.0304. The second-order valence-electron chi connectivity index (χ2n) is 4.94. The summed E-state index contributed by atoms with van der Waals surface area (Å²) >= 11 is 0. The van der Waals surface area contributed by atoms with Gasteiger partial charge in [0.05, 0.1) is 17.1 Å². The van der Waals surface area contributed by atoms with Gasteiger partial charge in [-0.1, -0.05) is 12.1 Å². The van der Waals surface area contributed by atoms with Gasteiger partial charge in [-0.3, -0.25) is 0 Å². The molecule has 20 heavy (non-hydrogen) atoms. The summed E-state index contributed by atoms with van der Waals surface area (Å²) in [5.74, 6) is -1.08. The summed E-state index contributed by atoms with van der Waals surface area (Å²) in [5, 5.41) is 0. The van der Waals surface area contributed by atoms with Crippen LogP contribution in [0.5, 0.6) is 0 Å². The van der Waals surface area contributed by atoms with E-state index in [2.05, 4.69) is 0 Å². The molecule has 2 rings (SSSR count). The highest BCUT2D eigenvalue weighted by molar-refractivity contribution is 7.91. The van der Waals surface area contributed by atoms with Gasteiger partial charge < -0.3 is 4.79 Å². The lowest BCUT2D eigenvalue weighted by Crippen LogP contribution is -2.16. The molecule has 0 bridgehead atoms. The van der Waals surface area contributed by atoms with Crippen molar-refractivity contribution in [3.05, 3.63) is 35.4 Å². The highest BCUT2D eigenvalue weighted by Crippen LogP contribution is 2.34. The van der Waals surface area contributed by atoms with Crippen molar-refractivity contribution < 1.29 is 26.4 Å². The maximum Gasteiger partial charge on any atom is 0.416 e. The van der Waals surface area contributed by atoms with Gasteiger partial charge in [0.2, 0.25) is 0 Å². The normalized spacial score (nSPS) is 23.4.